The number of aliphatic hydroxyl groups excluding tert-OH is 1. The van der Waals surface area contributed by atoms with Gasteiger partial charge in [-0.2, -0.15) is 0 Å². The Bertz CT molecular complexity index is 602. The molecule has 0 bridgehead atoms. The number of hydrogen-bond acceptors (Lipinski definition) is 2. The van der Waals surface area contributed by atoms with Gasteiger partial charge in [-0.15, -0.1) is 0 Å². The van der Waals surface area contributed by atoms with E-state index < -0.39 is 0 Å². The molecule has 110 valence electrons. The van der Waals surface area contributed by atoms with Gasteiger partial charge in [-0.1, -0.05) is 30.3 Å². The molecule has 2 aromatic rings. The first kappa shape index (κ1) is 13.9. The highest BCUT2D eigenvalue weighted by Crippen LogP contribution is 2.40. The molecule has 1 saturated carbocycles. The summed E-state index contributed by atoms with van der Waals surface area (Å²) in [4.78, 5) is 11.9. The lowest BCUT2D eigenvalue weighted by Crippen LogP contribution is -2.26. The Balaban J connectivity index is 1.50. The number of nitrogens with zero attached hydrogens (tertiary/aromatic N) is 1. The maximum Gasteiger partial charge on any atom is 0.240 e. The van der Waals surface area contributed by atoms with E-state index in [4.69, 9.17) is 0 Å². The fourth-order valence-corrected chi connectivity index (χ4v) is 2.44. The van der Waals surface area contributed by atoms with Gasteiger partial charge in [0.25, 0.3) is 0 Å². The number of rotatable bonds is 6. The second kappa shape index (κ2) is 6.14. The Morgan fingerprint density at radius 2 is 2.05 bits per heavy atom. The molecule has 0 radical (unpaired) electrons. The van der Waals surface area contributed by atoms with Crippen LogP contribution in [0.1, 0.15) is 30.1 Å². The van der Waals surface area contributed by atoms with Crippen molar-refractivity contribution in [3.8, 4) is 0 Å². The topological polar surface area (TPSA) is 54.3 Å². The maximum absolute atomic E-state index is 11.9. The average Bonchev–Trinajstić information content (AvgIpc) is 3.26. The molecule has 0 saturated heterocycles. The molecular weight excluding hydrogens is 264 g/mol. The molecule has 1 aliphatic carbocycles. The van der Waals surface area contributed by atoms with Crippen LogP contribution < -0.4 is 5.32 Å². The zero-order valence-corrected chi connectivity index (χ0v) is 11.9. The second-order valence-electron chi connectivity index (χ2n) is 5.66. The van der Waals surface area contributed by atoms with Crippen molar-refractivity contribution in [2.45, 2.75) is 32.0 Å². The molecule has 4 nitrogen and oxygen atoms in total. The molecule has 2 N–H and O–H groups in total. The number of nitrogens with one attached hydrogen (secondary N) is 1. The van der Waals surface area contributed by atoms with Crippen LogP contribution in [0, 0.1) is 5.92 Å². The number of aliphatic hydroxyl groups is 1. The molecule has 1 aromatic carbocycles. The van der Waals surface area contributed by atoms with Crippen LogP contribution in [0.5, 0.6) is 0 Å². The molecule has 0 spiro atoms. The van der Waals surface area contributed by atoms with Gasteiger partial charge in [0, 0.05) is 18.9 Å². The first-order chi connectivity index (χ1) is 10.2. The summed E-state index contributed by atoms with van der Waals surface area (Å²) >= 11 is 0. The van der Waals surface area contributed by atoms with Crippen LogP contribution >= 0.6 is 0 Å². The number of amides is 1. The lowest BCUT2D eigenvalue weighted by atomic mass is 10.1. The monoisotopic (exact) mass is 284 g/mol. The van der Waals surface area contributed by atoms with Gasteiger partial charge in [0.05, 0.1) is 6.10 Å². The summed E-state index contributed by atoms with van der Waals surface area (Å²) in [5, 5.41) is 12.9. The normalized spacial score (nSPS) is 15.7. The van der Waals surface area contributed by atoms with Gasteiger partial charge in [0.2, 0.25) is 5.91 Å². The number of benzene rings is 1. The van der Waals surface area contributed by atoms with Gasteiger partial charge in [-0.25, -0.2) is 0 Å². The molecule has 1 amide bonds. The van der Waals surface area contributed by atoms with E-state index in [1.807, 2.05) is 53.4 Å². The standard InChI is InChI=1S/C17H20N2O2/c20-16(18-10-13-4-2-1-3-5-13)12-19-9-8-15(11-19)17(21)14-6-7-14/h1-5,8-9,11,14,17,21H,6-7,10,12H2,(H,18,20). The fourth-order valence-electron chi connectivity index (χ4n) is 2.44. The van der Waals surface area contributed by atoms with E-state index in [1.165, 1.54) is 0 Å². The molecule has 1 aliphatic rings. The minimum Gasteiger partial charge on any atom is -0.388 e. The van der Waals surface area contributed by atoms with E-state index in [1.54, 1.807) is 0 Å². The van der Waals surface area contributed by atoms with Crippen molar-refractivity contribution in [2.75, 3.05) is 0 Å². The molecule has 1 heterocycles. The van der Waals surface area contributed by atoms with Crippen LogP contribution in [0.3, 0.4) is 0 Å². The minimum atomic E-state index is -0.376. The summed E-state index contributed by atoms with van der Waals surface area (Å²) in [5.41, 5.74) is 2.00. The second-order valence-corrected chi connectivity index (χ2v) is 5.66. The molecule has 4 heteroatoms. The Hall–Kier alpha value is -2.07. The Morgan fingerprint density at radius 3 is 2.76 bits per heavy atom. The van der Waals surface area contributed by atoms with Crippen LogP contribution in [0.2, 0.25) is 0 Å². The SMILES string of the molecule is O=C(Cn1ccc(C(O)C2CC2)c1)NCc1ccccc1. The van der Waals surface area contributed by atoms with Crippen LogP contribution in [0.25, 0.3) is 0 Å². The van der Waals surface area contributed by atoms with E-state index in [9.17, 15) is 9.90 Å². The zero-order valence-electron chi connectivity index (χ0n) is 11.9. The van der Waals surface area contributed by atoms with Crippen LogP contribution in [0.15, 0.2) is 48.8 Å². The predicted octanol–water partition coefficient (Wildman–Crippen LogP) is 2.25. The Morgan fingerprint density at radius 1 is 1.29 bits per heavy atom. The van der Waals surface area contributed by atoms with E-state index in [-0.39, 0.29) is 18.6 Å². The Kier molecular flexibility index (Phi) is 4.06. The van der Waals surface area contributed by atoms with E-state index >= 15 is 0 Å². The van der Waals surface area contributed by atoms with Crippen LogP contribution in [0.4, 0.5) is 0 Å². The van der Waals surface area contributed by atoms with Crippen molar-refractivity contribution < 1.29 is 9.90 Å². The third-order valence-corrected chi connectivity index (χ3v) is 3.84. The number of carbonyl (C=O) groups excluding carboxylic acids is 1. The number of aromatic nitrogens is 1. The first-order valence-electron chi connectivity index (χ1n) is 7.37. The van der Waals surface area contributed by atoms with E-state index in [0.717, 1.165) is 24.0 Å². The van der Waals surface area contributed by atoms with Gasteiger partial charge in [-0.3, -0.25) is 4.79 Å². The summed E-state index contributed by atoms with van der Waals surface area (Å²) in [5.74, 6) is 0.384. The Labute approximate surface area is 124 Å². The lowest BCUT2D eigenvalue weighted by Gasteiger charge is -2.07. The summed E-state index contributed by atoms with van der Waals surface area (Å²) in [6, 6.07) is 11.7. The third kappa shape index (κ3) is 3.73. The molecule has 1 unspecified atom stereocenters. The van der Waals surface area contributed by atoms with Crippen molar-refractivity contribution >= 4 is 5.91 Å². The first-order valence-corrected chi connectivity index (χ1v) is 7.37. The summed E-state index contributed by atoms with van der Waals surface area (Å²) in [6.45, 7) is 0.822. The molecule has 1 aromatic heterocycles. The quantitative estimate of drug-likeness (QED) is 0.855. The molecule has 0 aliphatic heterocycles. The van der Waals surface area contributed by atoms with Gasteiger partial charge in [0.1, 0.15) is 6.54 Å². The maximum atomic E-state index is 11.9. The highest BCUT2D eigenvalue weighted by atomic mass is 16.3. The highest BCUT2D eigenvalue weighted by Gasteiger charge is 2.31. The molecule has 1 fully saturated rings. The number of hydrogen-bond donors (Lipinski definition) is 2. The average molecular weight is 284 g/mol. The van der Waals surface area contributed by atoms with E-state index in [2.05, 4.69) is 5.32 Å². The molecule has 1 atom stereocenters. The lowest BCUT2D eigenvalue weighted by molar-refractivity contribution is -0.121. The zero-order chi connectivity index (χ0) is 14.7. The van der Waals surface area contributed by atoms with Crippen molar-refractivity contribution in [1.82, 2.24) is 9.88 Å². The summed E-state index contributed by atoms with van der Waals surface area (Å²) in [7, 11) is 0. The van der Waals surface area contributed by atoms with Crippen molar-refractivity contribution in [1.29, 1.82) is 0 Å². The summed E-state index contributed by atoms with van der Waals surface area (Å²) in [6.07, 6.45) is 5.54. The fraction of sp³-hybridized carbons (Fsp3) is 0.353. The van der Waals surface area contributed by atoms with Crippen molar-refractivity contribution in [3.63, 3.8) is 0 Å². The van der Waals surface area contributed by atoms with Gasteiger partial charge in [-0.05, 0) is 36.0 Å². The van der Waals surface area contributed by atoms with Gasteiger partial charge in [0.15, 0.2) is 0 Å². The predicted molar refractivity (Wildman–Crippen MR) is 80.4 cm³/mol. The number of carbonyl (C=O) groups is 1. The van der Waals surface area contributed by atoms with Gasteiger partial charge >= 0.3 is 0 Å². The molecule has 3 rings (SSSR count). The smallest absolute Gasteiger partial charge is 0.240 e. The van der Waals surface area contributed by atoms with E-state index in [0.29, 0.717) is 12.5 Å². The van der Waals surface area contributed by atoms with Crippen molar-refractivity contribution in [2.24, 2.45) is 5.92 Å². The summed E-state index contributed by atoms with van der Waals surface area (Å²) < 4.78 is 1.82. The van der Waals surface area contributed by atoms with Crippen LogP contribution in [-0.4, -0.2) is 15.6 Å². The van der Waals surface area contributed by atoms with Crippen LogP contribution in [-0.2, 0) is 17.9 Å². The molecular formula is C17H20N2O2. The largest absolute Gasteiger partial charge is 0.388 e. The third-order valence-electron chi connectivity index (χ3n) is 3.84. The highest BCUT2D eigenvalue weighted by molar-refractivity contribution is 5.75. The van der Waals surface area contributed by atoms with Crippen molar-refractivity contribution in [3.05, 3.63) is 59.9 Å². The molecule has 21 heavy (non-hydrogen) atoms. The minimum absolute atomic E-state index is 0.0260. The van der Waals surface area contributed by atoms with Gasteiger partial charge < -0.3 is 15.0 Å².